The van der Waals surface area contributed by atoms with Crippen LogP contribution in [0.25, 0.3) is 0 Å². The fourth-order valence-corrected chi connectivity index (χ4v) is 2.37. The molecule has 1 aromatic carbocycles. The summed E-state index contributed by atoms with van der Waals surface area (Å²) in [6, 6.07) is 7.68. The minimum atomic E-state index is -0.0254. The minimum absolute atomic E-state index is 0.0254. The molecule has 0 saturated heterocycles. The number of imidazole rings is 1. The first-order valence-electron chi connectivity index (χ1n) is 8.12. The second kappa shape index (κ2) is 9.08. The zero-order chi connectivity index (χ0) is 17.4. The van der Waals surface area contributed by atoms with E-state index in [0.29, 0.717) is 26.3 Å². The average Bonchev–Trinajstić information content (AvgIpc) is 2.94. The highest BCUT2D eigenvalue weighted by molar-refractivity contribution is 5.75. The number of ether oxygens (including phenoxy) is 2. The molecule has 0 spiro atoms. The lowest BCUT2D eigenvalue weighted by molar-refractivity contribution is -0.121. The Morgan fingerprint density at radius 1 is 1.25 bits per heavy atom. The summed E-state index contributed by atoms with van der Waals surface area (Å²) in [5, 5.41) is 2.93. The fourth-order valence-electron chi connectivity index (χ4n) is 2.37. The first-order chi connectivity index (χ1) is 11.6. The molecule has 1 heterocycles. The summed E-state index contributed by atoms with van der Waals surface area (Å²) in [5.74, 6) is 1.70. The lowest BCUT2D eigenvalue weighted by Gasteiger charge is -2.09. The summed E-state index contributed by atoms with van der Waals surface area (Å²) < 4.78 is 12.4. The molecule has 0 radical (unpaired) electrons. The standard InChI is InChI=1S/C18H25N3O3/c1-4-17-20-14(2)12-21(17)13-18(22)19-11-15-5-7-16(8-6-15)24-10-9-23-3/h5-8,12H,4,9-11,13H2,1-3H3,(H,19,22). The van der Waals surface area contributed by atoms with Crippen LogP contribution < -0.4 is 10.1 Å². The predicted octanol–water partition coefficient (Wildman–Crippen LogP) is 2.10. The van der Waals surface area contributed by atoms with Gasteiger partial charge in [0.15, 0.2) is 0 Å². The van der Waals surface area contributed by atoms with Gasteiger partial charge in [-0.25, -0.2) is 4.98 Å². The number of methoxy groups -OCH3 is 1. The van der Waals surface area contributed by atoms with E-state index >= 15 is 0 Å². The molecule has 0 unspecified atom stereocenters. The summed E-state index contributed by atoms with van der Waals surface area (Å²) in [5.41, 5.74) is 1.96. The van der Waals surface area contributed by atoms with Gasteiger partial charge in [-0.05, 0) is 24.6 Å². The monoisotopic (exact) mass is 331 g/mol. The normalized spacial score (nSPS) is 10.6. The number of aryl methyl sites for hydroxylation is 2. The Morgan fingerprint density at radius 2 is 2.00 bits per heavy atom. The van der Waals surface area contributed by atoms with Crippen molar-refractivity contribution in [2.75, 3.05) is 20.3 Å². The maximum Gasteiger partial charge on any atom is 0.240 e. The Kier molecular flexibility index (Phi) is 6.81. The van der Waals surface area contributed by atoms with Crippen LogP contribution in [0.4, 0.5) is 0 Å². The number of aromatic nitrogens is 2. The van der Waals surface area contributed by atoms with Crippen LogP contribution in [0.3, 0.4) is 0 Å². The van der Waals surface area contributed by atoms with Gasteiger partial charge < -0.3 is 19.4 Å². The molecule has 2 rings (SSSR count). The summed E-state index contributed by atoms with van der Waals surface area (Å²) >= 11 is 0. The van der Waals surface area contributed by atoms with E-state index in [2.05, 4.69) is 10.3 Å². The molecule has 0 fully saturated rings. The Morgan fingerprint density at radius 3 is 2.67 bits per heavy atom. The largest absolute Gasteiger partial charge is 0.491 e. The number of carbonyl (C=O) groups is 1. The van der Waals surface area contributed by atoms with Crippen LogP contribution in [0, 0.1) is 6.92 Å². The molecule has 0 aliphatic rings. The highest BCUT2D eigenvalue weighted by Gasteiger charge is 2.08. The highest BCUT2D eigenvalue weighted by Crippen LogP contribution is 2.12. The van der Waals surface area contributed by atoms with Crippen molar-refractivity contribution >= 4 is 5.91 Å². The molecule has 0 atom stereocenters. The van der Waals surface area contributed by atoms with Crippen molar-refractivity contribution in [1.29, 1.82) is 0 Å². The van der Waals surface area contributed by atoms with Crippen LogP contribution in [0.2, 0.25) is 0 Å². The van der Waals surface area contributed by atoms with Crippen LogP contribution in [0.15, 0.2) is 30.5 Å². The SMILES string of the molecule is CCc1nc(C)cn1CC(=O)NCc1ccc(OCCOC)cc1. The Hall–Kier alpha value is -2.34. The van der Waals surface area contributed by atoms with Crippen molar-refractivity contribution in [2.45, 2.75) is 33.4 Å². The van der Waals surface area contributed by atoms with Crippen molar-refractivity contribution in [3.05, 3.63) is 47.5 Å². The zero-order valence-corrected chi connectivity index (χ0v) is 14.5. The summed E-state index contributed by atoms with van der Waals surface area (Å²) in [4.78, 5) is 16.5. The Balaban J connectivity index is 1.81. The summed E-state index contributed by atoms with van der Waals surface area (Å²) in [6.45, 7) is 5.84. The van der Waals surface area contributed by atoms with Crippen LogP contribution in [0.5, 0.6) is 5.75 Å². The molecule has 1 N–H and O–H groups in total. The van der Waals surface area contributed by atoms with E-state index in [1.165, 1.54) is 0 Å². The molecule has 130 valence electrons. The van der Waals surface area contributed by atoms with Gasteiger partial charge in [0.25, 0.3) is 0 Å². The molecule has 6 nitrogen and oxygen atoms in total. The third kappa shape index (κ3) is 5.38. The first kappa shape index (κ1) is 18.0. The van der Waals surface area contributed by atoms with Gasteiger partial charge in [0.1, 0.15) is 24.7 Å². The van der Waals surface area contributed by atoms with E-state index < -0.39 is 0 Å². The van der Waals surface area contributed by atoms with Crippen molar-refractivity contribution in [3.8, 4) is 5.75 Å². The summed E-state index contributed by atoms with van der Waals surface area (Å²) in [7, 11) is 1.64. The first-order valence-corrected chi connectivity index (χ1v) is 8.12. The Labute approximate surface area is 142 Å². The molecule has 24 heavy (non-hydrogen) atoms. The zero-order valence-electron chi connectivity index (χ0n) is 14.5. The second-order valence-electron chi connectivity index (χ2n) is 5.54. The number of rotatable bonds is 9. The van der Waals surface area contributed by atoms with Gasteiger partial charge in [-0.1, -0.05) is 19.1 Å². The van der Waals surface area contributed by atoms with Gasteiger partial charge in [0.05, 0.1) is 12.3 Å². The topological polar surface area (TPSA) is 65.4 Å². The third-order valence-corrected chi connectivity index (χ3v) is 3.58. The van der Waals surface area contributed by atoms with E-state index in [4.69, 9.17) is 9.47 Å². The molecule has 2 aromatic rings. The maximum atomic E-state index is 12.1. The van der Waals surface area contributed by atoms with Crippen molar-refractivity contribution < 1.29 is 14.3 Å². The molecular formula is C18H25N3O3. The van der Waals surface area contributed by atoms with E-state index in [1.54, 1.807) is 7.11 Å². The van der Waals surface area contributed by atoms with Gasteiger partial charge >= 0.3 is 0 Å². The number of nitrogens with one attached hydrogen (secondary N) is 1. The van der Waals surface area contributed by atoms with E-state index in [0.717, 1.165) is 29.3 Å². The average molecular weight is 331 g/mol. The molecule has 0 aliphatic heterocycles. The quantitative estimate of drug-likeness (QED) is 0.715. The van der Waals surface area contributed by atoms with Crippen molar-refractivity contribution in [1.82, 2.24) is 14.9 Å². The van der Waals surface area contributed by atoms with Gasteiger partial charge in [0.2, 0.25) is 5.91 Å². The number of nitrogens with zero attached hydrogens (tertiary/aromatic N) is 2. The van der Waals surface area contributed by atoms with Gasteiger partial charge in [-0.2, -0.15) is 0 Å². The minimum Gasteiger partial charge on any atom is -0.491 e. The van der Waals surface area contributed by atoms with Crippen LogP contribution >= 0.6 is 0 Å². The molecule has 0 aliphatic carbocycles. The number of carbonyl (C=O) groups excluding carboxylic acids is 1. The van der Waals surface area contributed by atoms with Crippen molar-refractivity contribution in [3.63, 3.8) is 0 Å². The Bertz CT molecular complexity index is 650. The lowest BCUT2D eigenvalue weighted by Crippen LogP contribution is -2.27. The van der Waals surface area contributed by atoms with Crippen LogP contribution in [-0.4, -0.2) is 35.8 Å². The molecular weight excluding hydrogens is 306 g/mol. The fraction of sp³-hybridized carbons (Fsp3) is 0.444. The predicted molar refractivity (Wildman–Crippen MR) is 92.0 cm³/mol. The van der Waals surface area contributed by atoms with Crippen LogP contribution in [-0.2, 0) is 29.0 Å². The van der Waals surface area contributed by atoms with Gasteiger partial charge in [0, 0.05) is 26.3 Å². The number of hydrogen-bond acceptors (Lipinski definition) is 4. The van der Waals surface area contributed by atoms with E-state index in [1.807, 2.05) is 48.9 Å². The molecule has 1 aromatic heterocycles. The third-order valence-electron chi connectivity index (χ3n) is 3.58. The molecule has 0 bridgehead atoms. The number of benzene rings is 1. The van der Waals surface area contributed by atoms with Gasteiger partial charge in [-0.3, -0.25) is 4.79 Å². The molecule has 1 amide bonds. The number of amides is 1. The van der Waals surface area contributed by atoms with Gasteiger partial charge in [-0.15, -0.1) is 0 Å². The number of hydrogen-bond donors (Lipinski definition) is 1. The lowest BCUT2D eigenvalue weighted by atomic mass is 10.2. The molecule has 6 heteroatoms. The maximum absolute atomic E-state index is 12.1. The van der Waals surface area contributed by atoms with Crippen LogP contribution in [0.1, 0.15) is 24.0 Å². The van der Waals surface area contributed by atoms with E-state index in [-0.39, 0.29) is 5.91 Å². The van der Waals surface area contributed by atoms with Crippen molar-refractivity contribution in [2.24, 2.45) is 0 Å². The molecule has 0 saturated carbocycles. The van der Waals surface area contributed by atoms with E-state index in [9.17, 15) is 4.79 Å². The second-order valence-corrected chi connectivity index (χ2v) is 5.54. The smallest absolute Gasteiger partial charge is 0.240 e. The summed E-state index contributed by atoms with van der Waals surface area (Å²) in [6.07, 6.45) is 2.72. The highest BCUT2D eigenvalue weighted by atomic mass is 16.5.